The molecule has 0 bridgehead atoms. The number of amides is 1. The van der Waals surface area contributed by atoms with Crippen molar-refractivity contribution in [2.75, 3.05) is 31.6 Å². The van der Waals surface area contributed by atoms with Gasteiger partial charge in [0, 0.05) is 37.9 Å². The molecule has 2 aliphatic rings. The molecule has 204 valence electrons. The van der Waals surface area contributed by atoms with Gasteiger partial charge in [0.05, 0.1) is 30.0 Å². The van der Waals surface area contributed by atoms with Crippen molar-refractivity contribution in [3.8, 4) is 23.2 Å². The van der Waals surface area contributed by atoms with Gasteiger partial charge < -0.3 is 24.8 Å². The van der Waals surface area contributed by atoms with Crippen molar-refractivity contribution < 1.29 is 23.8 Å². The number of aliphatic hydroxyl groups is 1. The monoisotopic (exact) mass is 536 g/mol. The van der Waals surface area contributed by atoms with E-state index in [1.165, 1.54) is 18.2 Å². The van der Waals surface area contributed by atoms with Gasteiger partial charge in [0.25, 0.3) is 5.91 Å². The lowest BCUT2D eigenvalue weighted by Crippen LogP contribution is -2.51. The number of aromatic nitrogens is 5. The van der Waals surface area contributed by atoms with Gasteiger partial charge >= 0.3 is 0 Å². The molecule has 2 fully saturated rings. The van der Waals surface area contributed by atoms with E-state index in [-0.39, 0.29) is 30.8 Å². The molecule has 4 heterocycles. The molecular formula is C26H29FN8O4. The molecule has 0 spiro atoms. The SMILES string of the molecule is CC(O)C(=O)N1CC[C@H](Oc2ccc(-c3ncnc(Nc4cnn(C5CCOCC5)c4)n3)cc2C#N)[C@H](F)C1. The molecule has 39 heavy (non-hydrogen) atoms. The van der Waals surface area contributed by atoms with Crippen LogP contribution in [0.1, 0.15) is 37.8 Å². The quantitative estimate of drug-likeness (QED) is 0.460. The van der Waals surface area contributed by atoms with E-state index in [2.05, 4.69) is 31.4 Å². The van der Waals surface area contributed by atoms with E-state index in [0.29, 0.717) is 23.4 Å². The number of nitrogens with one attached hydrogen (secondary N) is 1. The van der Waals surface area contributed by atoms with Crippen molar-refractivity contribution >= 4 is 17.5 Å². The Morgan fingerprint density at radius 2 is 2.13 bits per heavy atom. The lowest BCUT2D eigenvalue weighted by atomic mass is 10.0. The smallest absolute Gasteiger partial charge is 0.251 e. The van der Waals surface area contributed by atoms with Crippen LogP contribution in [-0.2, 0) is 9.53 Å². The highest BCUT2D eigenvalue weighted by Crippen LogP contribution is 2.29. The van der Waals surface area contributed by atoms with Crippen LogP contribution in [0.25, 0.3) is 11.4 Å². The first-order valence-electron chi connectivity index (χ1n) is 12.8. The van der Waals surface area contributed by atoms with Gasteiger partial charge in [-0.1, -0.05) is 0 Å². The van der Waals surface area contributed by atoms with Crippen molar-refractivity contribution in [3.63, 3.8) is 0 Å². The number of nitrogens with zero attached hydrogens (tertiary/aromatic N) is 7. The molecule has 5 rings (SSSR count). The highest BCUT2D eigenvalue weighted by atomic mass is 19.1. The molecule has 2 aliphatic heterocycles. The summed E-state index contributed by atoms with van der Waals surface area (Å²) in [7, 11) is 0. The largest absolute Gasteiger partial charge is 0.486 e. The first kappa shape index (κ1) is 26.5. The number of benzene rings is 1. The Kier molecular flexibility index (Phi) is 7.94. The van der Waals surface area contributed by atoms with E-state index in [4.69, 9.17) is 9.47 Å². The molecule has 12 nitrogen and oxygen atoms in total. The van der Waals surface area contributed by atoms with Crippen LogP contribution in [-0.4, -0.2) is 85.3 Å². The summed E-state index contributed by atoms with van der Waals surface area (Å²) >= 11 is 0. The minimum Gasteiger partial charge on any atom is -0.486 e. The van der Waals surface area contributed by atoms with Gasteiger partial charge in [-0.15, -0.1) is 0 Å². The van der Waals surface area contributed by atoms with E-state index < -0.39 is 24.3 Å². The van der Waals surface area contributed by atoms with Crippen LogP contribution in [0.2, 0.25) is 0 Å². The maximum absolute atomic E-state index is 14.8. The summed E-state index contributed by atoms with van der Waals surface area (Å²) in [5, 5.41) is 26.8. The minimum absolute atomic E-state index is 0.178. The first-order chi connectivity index (χ1) is 18.9. The summed E-state index contributed by atoms with van der Waals surface area (Å²) in [5.41, 5.74) is 1.51. The molecule has 1 aromatic carbocycles. The van der Waals surface area contributed by atoms with Gasteiger partial charge in [-0.3, -0.25) is 9.48 Å². The number of aliphatic hydroxyl groups excluding tert-OH is 1. The lowest BCUT2D eigenvalue weighted by molar-refractivity contribution is -0.143. The van der Waals surface area contributed by atoms with Crippen LogP contribution >= 0.6 is 0 Å². The number of hydrogen-bond donors (Lipinski definition) is 2. The van der Waals surface area contributed by atoms with Crippen LogP contribution in [0.15, 0.2) is 36.9 Å². The zero-order valence-corrected chi connectivity index (χ0v) is 21.4. The average Bonchev–Trinajstić information content (AvgIpc) is 3.43. The number of anilines is 2. The van der Waals surface area contributed by atoms with Crippen LogP contribution < -0.4 is 10.1 Å². The second kappa shape index (κ2) is 11.7. The van der Waals surface area contributed by atoms with E-state index >= 15 is 0 Å². The van der Waals surface area contributed by atoms with Crippen molar-refractivity contribution in [1.82, 2.24) is 29.6 Å². The highest BCUT2D eigenvalue weighted by Gasteiger charge is 2.34. The van der Waals surface area contributed by atoms with Gasteiger partial charge in [0.15, 0.2) is 12.0 Å². The number of ether oxygens (including phenoxy) is 2. The third-order valence-corrected chi connectivity index (χ3v) is 6.78. The van der Waals surface area contributed by atoms with Crippen molar-refractivity contribution in [3.05, 3.63) is 42.5 Å². The first-order valence-corrected chi connectivity index (χ1v) is 12.8. The molecule has 1 amide bonds. The van der Waals surface area contributed by atoms with Crippen LogP contribution in [0, 0.1) is 11.3 Å². The van der Waals surface area contributed by atoms with Gasteiger partial charge in [-0.2, -0.15) is 15.3 Å². The average molecular weight is 537 g/mol. The molecular weight excluding hydrogens is 507 g/mol. The number of carbonyl (C=O) groups excluding carboxylic acids is 1. The summed E-state index contributed by atoms with van der Waals surface area (Å²) < 4.78 is 28.0. The zero-order chi connectivity index (χ0) is 27.4. The fourth-order valence-electron chi connectivity index (χ4n) is 4.68. The summed E-state index contributed by atoms with van der Waals surface area (Å²) in [6.07, 6.45) is 3.58. The second-order valence-electron chi connectivity index (χ2n) is 9.55. The number of likely N-dealkylation sites (tertiary alicyclic amines) is 1. The number of alkyl halides is 1. The molecule has 1 unspecified atom stereocenters. The molecule has 3 atom stereocenters. The summed E-state index contributed by atoms with van der Waals surface area (Å²) in [5.74, 6) is 0.388. The number of carbonyl (C=O) groups is 1. The minimum atomic E-state index is -1.46. The fraction of sp³-hybridized carbons (Fsp3) is 0.462. The molecule has 0 saturated carbocycles. The van der Waals surface area contributed by atoms with Crippen LogP contribution in [0.5, 0.6) is 5.75 Å². The Labute approximate surface area is 224 Å². The molecule has 2 N–H and O–H groups in total. The molecule has 13 heteroatoms. The standard InChI is InChI=1S/C26H29FN8O4/c1-16(36)25(37)34-7-4-23(21(27)14-34)39-22-3-2-17(10-18(22)11-28)24-29-15-30-26(33-24)32-19-12-31-35(13-19)20-5-8-38-9-6-20/h2-3,10,12-13,15-16,20-21,23,36H,4-9,14H2,1H3,(H,29,30,32,33)/t16?,21-,23+/m1/s1. The summed E-state index contributed by atoms with van der Waals surface area (Å²) in [6.45, 7) is 2.87. The predicted octanol–water partition coefficient (Wildman–Crippen LogP) is 2.40. The highest BCUT2D eigenvalue weighted by molar-refractivity contribution is 5.80. The number of hydrogen-bond acceptors (Lipinski definition) is 10. The third kappa shape index (κ3) is 6.13. The van der Waals surface area contributed by atoms with Crippen LogP contribution in [0.4, 0.5) is 16.0 Å². The molecule has 3 aromatic rings. The summed E-state index contributed by atoms with van der Waals surface area (Å²) in [6, 6.07) is 7.24. The van der Waals surface area contributed by atoms with Crippen LogP contribution in [0.3, 0.4) is 0 Å². The lowest BCUT2D eigenvalue weighted by Gasteiger charge is -2.35. The van der Waals surface area contributed by atoms with Crippen molar-refractivity contribution in [1.29, 1.82) is 5.26 Å². The number of halogens is 1. The van der Waals surface area contributed by atoms with Gasteiger partial charge in [-0.05, 0) is 38.0 Å². The number of nitriles is 1. The van der Waals surface area contributed by atoms with Gasteiger partial charge in [-0.25, -0.2) is 14.4 Å². The molecule has 2 aromatic heterocycles. The van der Waals surface area contributed by atoms with Crippen molar-refractivity contribution in [2.45, 2.75) is 50.6 Å². The fourth-order valence-corrected chi connectivity index (χ4v) is 4.68. The van der Waals surface area contributed by atoms with E-state index in [9.17, 15) is 19.6 Å². The topological polar surface area (TPSA) is 151 Å². The Bertz CT molecular complexity index is 1350. The zero-order valence-electron chi connectivity index (χ0n) is 21.4. The second-order valence-corrected chi connectivity index (χ2v) is 9.55. The maximum Gasteiger partial charge on any atom is 0.251 e. The Morgan fingerprint density at radius 1 is 1.31 bits per heavy atom. The molecule has 0 radical (unpaired) electrons. The Morgan fingerprint density at radius 3 is 2.87 bits per heavy atom. The Hall–Kier alpha value is -4.15. The Balaban J connectivity index is 1.26. The maximum atomic E-state index is 14.8. The van der Waals surface area contributed by atoms with E-state index in [0.717, 1.165) is 31.7 Å². The van der Waals surface area contributed by atoms with Gasteiger partial charge in [0.2, 0.25) is 5.95 Å². The van der Waals surface area contributed by atoms with E-state index in [1.807, 2.05) is 10.9 Å². The number of piperidine rings is 1. The normalized spacial score (nSPS) is 20.7. The van der Waals surface area contributed by atoms with Crippen molar-refractivity contribution in [2.24, 2.45) is 0 Å². The number of rotatable bonds is 7. The molecule has 2 saturated heterocycles. The van der Waals surface area contributed by atoms with E-state index in [1.54, 1.807) is 24.4 Å². The van der Waals surface area contributed by atoms with Gasteiger partial charge in [0.1, 0.15) is 30.4 Å². The summed E-state index contributed by atoms with van der Waals surface area (Å²) in [4.78, 5) is 26.2. The third-order valence-electron chi connectivity index (χ3n) is 6.78. The molecule has 0 aliphatic carbocycles. The predicted molar refractivity (Wildman–Crippen MR) is 137 cm³/mol.